The third kappa shape index (κ3) is 2.05. The summed E-state index contributed by atoms with van der Waals surface area (Å²) in [5, 5.41) is 7.52. The molecule has 1 rings (SSSR count). The summed E-state index contributed by atoms with van der Waals surface area (Å²) in [5.41, 5.74) is 8.68. The molecule has 0 bridgehead atoms. The van der Waals surface area contributed by atoms with Crippen molar-refractivity contribution in [1.82, 2.24) is 0 Å². The zero-order chi connectivity index (χ0) is 10.7. The fraction of sp³-hybridized carbons (Fsp3) is 0.364. The summed E-state index contributed by atoms with van der Waals surface area (Å²) < 4.78 is 5.40. The normalized spacial score (nSPS) is 9.93. The van der Waals surface area contributed by atoms with E-state index in [-0.39, 0.29) is 0 Å². The second-order valence-electron chi connectivity index (χ2n) is 3.26. The minimum atomic E-state index is 0.480. The van der Waals surface area contributed by atoms with Crippen molar-refractivity contribution in [3.05, 3.63) is 23.3 Å². The van der Waals surface area contributed by atoms with E-state index in [4.69, 9.17) is 15.9 Å². The van der Waals surface area contributed by atoms with Gasteiger partial charge in [0.2, 0.25) is 0 Å². The fourth-order valence-corrected chi connectivity index (χ4v) is 1.34. The number of ether oxygens (including phenoxy) is 1. The summed E-state index contributed by atoms with van der Waals surface area (Å²) in [6, 6.07) is 3.68. The molecular formula is C11H16N2O. The molecule has 0 aliphatic heterocycles. The van der Waals surface area contributed by atoms with Gasteiger partial charge in [-0.1, -0.05) is 0 Å². The van der Waals surface area contributed by atoms with Crippen molar-refractivity contribution in [2.24, 2.45) is 0 Å². The molecule has 14 heavy (non-hydrogen) atoms. The number of anilines is 1. The molecule has 0 saturated carbocycles. The number of nitrogens with one attached hydrogen (secondary N) is 1. The van der Waals surface area contributed by atoms with Crippen molar-refractivity contribution >= 4 is 11.4 Å². The van der Waals surface area contributed by atoms with Crippen LogP contribution in [0.3, 0.4) is 0 Å². The van der Waals surface area contributed by atoms with Gasteiger partial charge in [-0.3, -0.25) is 0 Å². The van der Waals surface area contributed by atoms with Crippen LogP contribution in [0.2, 0.25) is 0 Å². The van der Waals surface area contributed by atoms with Crippen LogP contribution in [0.5, 0.6) is 5.75 Å². The van der Waals surface area contributed by atoms with Gasteiger partial charge >= 0.3 is 0 Å². The summed E-state index contributed by atoms with van der Waals surface area (Å²) in [5.74, 6) is 0.801. The molecule has 1 aromatic carbocycles. The first-order chi connectivity index (χ1) is 6.56. The standard InChI is InChI=1S/C11H16N2O/c1-4-14-11-6-10(13)9(8(3)12)5-7(11)2/h5-6,12H,4,13H2,1-3H3. The van der Waals surface area contributed by atoms with Crippen molar-refractivity contribution in [3.8, 4) is 5.75 Å². The average Bonchev–Trinajstić information content (AvgIpc) is 2.10. The lowest BCUT2D eigenvalue weighted by Gasteiger charge is -2.11. The minimum absolute atomic E-state index is 0.480. The summed E-state index contributed by atoms with van der Waals surface area (Å²) in [6.45, 7) is 6.25. The Bertz CT molecular complexity index is 359. The molecule has 0 amide bonds. The van der Waals surface area contributed by atoms with E-state index in [9.17, 15) is 0 Å². The van der Waals surface area contributed by atoms with Gasteiger partial charge in [0.1, 0.15) is 5.75 Å². The number of nitrogens with two attached hydrogens (primary N) is 1. The Kier molecular flexibility index (Phi) is 3.12. The molecule has 0 saturated heterocycles. The maximum atomic E-state index is 7.52. The van der Waals surface area contributed by atoms with Gasteiger partial charge in [0, 0.05) is 23.0 Å². The highest BCUT2D eigenvalue weighted by Crippen LogP contribution is 2.25. The van der Waals surface area contributed by atoms with E-state index in [2.05, 4.69) is 0 Å². The largest absolute Gasteiger partial charge is 0.494 e. The molecule has 0 fully saturated rings. The SMILES string of the molecule is CCOc1cc(N)c(C(C)=N)cc1C. The molecule has 0 radical (unpaired) electrons. The first kappa shape index (κ1) is 10.6. The lowest BCUT2D eigenvalue weighted by molar-refractivity contribution is 0.338. The van der Waals surface area contributed by atoms with E-state index in [0.29, 0.717) is 18.0 Å². The number of rotatable bonds is 3. The predicted molar refractivity (Wildman–Crippen MR) is 59.3 cm³/mol. The third-order valence-corrected chi connectivity index (χ3v) is 2.05. The summed E-state index contributed by atoms with van der Waals surface area (Å²) >= 11 is 0. The molecule has 0 aromatic heterocycles. The van der Waals surface area contributed by atoms with Gasteiger partial charge in [-0.25, -0.2) is 0 Å². The highest BCUT2D eigenvalue weighted by atomic mass is 16.5. The molecule has 0 spiro atoms. The van der Waals surface area contributed by atoms with E-state index in [1.807, 2.05) is 19.9 Å². The van der Waals surface area contributed by atoms with Crippen LogP contribution in [0.25, 0.3) is 0 Å². The molecule has 76 valence electrons. The van der Waals surface area contributed by atoms with Crippen molar-refractivity contribution in [2.75, 3.05) is 12.3 Å². The van der Waals surface area contributed by atoms with E-state index in [1.54, 1.807) is 13.0 Å². The molecule has 0 aliphatic rings. The van der Waals surface area contributed by atoms with Crippen LogP contribution in [0.1, 0.15) is 25.0 Å². The van der Waals surface area contributed by atoms with Crippen LogP contribution in [-0.2, 0) is 0 Å². The van der Waals surface area contributed by atoms with Crippen molar-refractivity contribution in [3.63, 3.8) is 0 Å². The summed E-state index contributed by atoms with van der Waals surface area (Å²) in [7, 11) is 0. The van der Waals surface area contributed by atoms with Crippen LogP contribution in [0.4, 0.5) is 5.69 Å². The molecule has 0 aliphatic carbocycles. The topological polar surface area (TPSA) is 59.1 Å². The molecule has 3 N–H and O–H groups in total. The van der Waals surface area contributed by atoms with Gasteiger partial charge in [0.15, 0.2) is 0 Å². The molecule has 1 aromatic rings. The number of hydrogen-bond donors (Lipinski definition) is 2. The van der Waals surface area contributed by atoms with Gasteiger partial charge < -0.3 is 15.9 Å². The fourth-order valence-electron chi connectivity index (χ4n) is 1.34. The zero-order valence-corrected chi connectivity index (χ0v) is 8.85. The summed E-state index contributed by atoms with van der Waals surface area (Å²) in [4.78, 5) is 0. The van der Waals surface area contributed by atoms with E-state index in [0.717, 1.165) is 16.9 Å². The minimum Gasteiger partial charge on any atom is -0.494 e. The maximum absolute atomic E-state index is 7.52. The van der Waals surface area contributed by atoms with Gasteiger partial charge in [0.25, 0.3) is 0 Å². The predicted octanol–water partition coefficient (Wildman–Crippen LogP) is 2.36. The molecular weight excluding hydrogens is 176 g/mol. The van der Waals surface area contributed by atoms with Gasteiger partial charge in [-0.2, -0.15) is 0 Å². The van der Waals surface area contributed by atoms with Gasteiger partial charge in [0.05, 0.1) is 6.61 Å². The number of aryl methyl sites for hydroxylation is 1. The quantitative estimate of drug-likeness (QED) is 0.570. The third-order valence-electron chi connectivity index (χ3n) is 2.05. The first-order valence-electron chi connectivity index (χ1n) is 4.64. The number of hydrogen-bond acceptors (Lipinski definition) is 3. The Balaban J connectivity index is 3.17. The maximum Gasteiger partial charge on any atom is 0.124 e. The lowest BCUT2D eigenvalue weighted by Crippen LogP contribution is -2.02. The Morgan fingerprint density at radius 1 is 1.50 bits per heavy atom. The van der Waals surface area contributed by atoms with Crippen LogP contribution in [0, 0.1) is 12.3 Å². The van der Waals surface area contributed by atoms with Crippen LogP contribution < -0.4 is 10.5 Å². The van der Waals surface area contributed by atoms with Crippen LogP contribution in [0.15, 0.2) is 12.1 Å². The van der Waals surface area contributed by atoms with Gasteiger partial charge in [-0.05, 0) is 32.4 Å². The molecule has 0 heterocycles. The Labute approximate surface area is 84.4 Å². The second-order valence-corrected chi connectivity index (χ2v) is 3.26. The van der Waals surface area contributed by atoms with Crippen molar-refractivity contribution in [2.45, 2.75) is 20.8 Å². The van der Waals surface area contributed by atoms with E-state index >= 15 is 0 Å². The second kappa shape index (κ2) is 4.13. The van der Waals surface area contributed by atoms with Crippen molar-refractivity contribution in [1.29, 1.82) is 5.41 Å². The summed E-state index contributed by atoms with van der Waals surface area (Å²) in [6.07, 6.45) is 0. The molecule has 0 atom stereocenters. The van der Waals surface area contributed by atoms with Crippen LogP contribution >= 0.6 is 0 Å². The number of benzene rings is 1. The highest BCUT2D eigenvalue weighted by molar-refractivity contribution is 6.01. The monoisotopic (exact) mass is 192 g/mol. The van der Waals surface area contributed by atoms with Crippen LogP contribution in [-0.4, -0.2) is 12.3 Å². The van der Waals surface area contributed by atoms with Gasteiger partial charge in [-0.15, -0.1) is 0 Å². The Morgan fingerprint density at radius 2 is 2.14 bits per heavy atom. The molecule has 3 nitrogen and oxygen atoms in total. The van der Waals surface area contributed by atoms with Crippen molar-refractivity contribution < 1.29 is 4.74 Å². The highest BCUT2D eigenvalue weighted by Gasteiger charge is 2.06. The Hall–Kier alpha value is -1.51. The van der Waals surface area contributed by atoms with E-state index in [1.165, 1.54) is 0 Å². The molecule has 3 heteroatoms. The number of nitrogen functional groups attached to an aromatic ring is 1. The first-order valence-corrected chi connectivity index (χ1v) is 4.64. The zero-order valence-electron chi connectivity index (χ0n) is 8.85. The average molecular weight is 192 g/mol. The van der Waals surface area contributed by atoms with E-state index < -0.39 is 0 Å². The smallest absolute Gasteiger partial charge is 0.124 e. The lowest BCUT2D eigenvalue weighted by atomic mass is 10.1. The molecule has 0 unspecified atom stereocenters. The Morgan fingerprint density at radius 3 is 2.64 bits per heavy atom.